The van der Waals surface area contributed by atoms with Crippen LogP contribution < -0.4 is 5.32 Å². The number of hydrogen-bond acceptors (Lipinski definition) is 3. The molecule has 0 atom stereocenters. The Morgan fingerprint density at radius 3 is 2.88 bits per heavy atom. The third-order valence-corrected chi connectivity index (χ3v) is 3.71. The van der Waals surface area contributed by atoms with Crippen LogP contribution >= 0.6 is 27.3 Å². The Bertz CT molecular complexity index is 528. The number of benzene rings is 1. The Balaban J connectivity index is 2.08. The summed E-state index contributed by atoms with van der Waals surface area (Å²) in [5, 5.41) is 14.3. The zero-order valence-electron chi connectivity index (χ0n) is 8.40. The van der Waals surface area contributed by atoms with Gasteiger partial charge in [-0.25, -0.2) is 0 Å². The average Bonchev–Trinajstić information content (AvgIpc) is 2.73. The molecule has 0 saturated heterocycles. The minimum absolute atomic E-state index is 0.678. The normalized spacial score (nSPS) is 9.75. The Kier molecular flexibility index (Phi) is 3.60. The lowest BCUT2D eigenvalue weighted by atomic mass is 10.2. The summed E-state index contributed by atoms with van der Waals surface area (Å²) in [7, 11) is 0. The molecule has 1 aromatic carbocycles. The van der Waals surface area contributed by atoms with Crippen molar-refractivity contribution in [3.63, 3.8) is 0 Å². The number of para-hydroxylation sites is 1. The fourth-order valence-electron chi connectivity index (χ4n) is 1.37. The molecule has 0 aliphatic heterocycles. The van der Waals surface area contributed by atoms with Gasteiger partial charge in [-0.15, -0.1) is 11.3 Å². The van der Waals surface area contributed by atoms with Gasteiger partial charge in [-0.3, -0.25) is 0 Å². The third-order valence-electron chi connectivity index (χ3n) is 2.15. The highest BCUT2D eigenvalue weighted by Gasteiger charge is 2.01. The smallest absolute Gasteiger partial charge is 0.101 e. The second-order valence-corrected chi connectivity index (χ2v) is 5.56. The van der Waals surface area contributed by atoms with Crippen molar-refractivity contribution in [2.75, 3.05) is 5.32 Å². The topological polar surface area (TPSA) is 35.8 Å². The van der Waals surface area contributed by atoms with Gasteiger partial charge in [-0.1, -0.05) is 12.1 Å². The van der Waals surface area contributed by atoms with Crippen LogP contribution in [-0.4, -0.2) is 0 Å². The van der Waals surface area contributed by atoms with Crippen molar-refractivity contribution in [1.82, 2.24) is 0 Å². The molecule has 1 aromatic heterocycles. The van der Waals surface area contributed by atoms with Gasteiger partial charge in [-0.2, -0.15) is 5.26 Å². The number of hydrogen-bond donors (Lipinski definition) is 1. The Morgan fingerprint density at radius 1 is 1.38 bits per heavy atom. The van der Waals surface area contributed by atoms with E-state index in [-0.39, 0.29) is 0 Å². The zero-order chi connectivity index (χ0) is 11.4. The van der Waals surface area contributed by atoms with Gasteiger partial charge in [0.2, 0.25) is 0 Å². The van der Waals surface area contributed by atoms with Crippen molar-refractivity contribution < 1.29 is 0 Å². The SMILES string of the molecule is N#Cc1ccccc1NCc1csc(Br)c1. The van der Waals surface area contributed by atoms with Gasteiger partial charge < -0.3 is 5.32 Å². The minimum atomic E-state index is 0.678. The highest BCUT2D eigenvalue weighted by Crippen LogP contribution is 2.22. The fraction of sp³-hybridized carbons (Fsp3) is 0.0833. The molecule has 2 rings (SSSR count). The van der Waals surface area contributed by atoms with Crippen LogP contribution in [0.4, 0.5) is 5.69 Å². The highest BCUT2D eigenvalue weighted by atomic mass is 79.9. The third kappa shape index (κ3) is 2.63. The lowest BCUT2D eigenvalue weighted by molar-refractivity contribution is 1.16. The maximum atomic E-state index is 8.92. The van der Waals surface area contributed by atoms with Crippen LogP contribution in [0.3, 0.4) is 0 Å². The van der Waals surface area contributed by atoms with Gasteiger partial charge in [0.15, 0.2) is 0 Å². The fourth-order valence-corrected chi connectivity index (χ4v) is 2.58. The lowest BCUT2D eigenvalue weighted by Crippen LogP contribution is -1.99. The maximum Gasteiger partial charge on any atom is 0.101 e. The largest absolute Gasteiger partial charge is 0.380 e. The monoisotopic (exact) mass is 292 g/mol. The van der Waals surface area contributed by atoms with Crippen LogP contribution in [0.5, 0.6) is 0 Å². The second kappa shape index (κ2) is 5.15. The minimum Gasteiger partial charge on any atom is -0.380 e. The average molecular weight is 293 g/mol. The predicted octanol–water partition coefficient (Wildman–Crippen LogP) is 3.99. The van der Waals surface area contributed by atoms with E-state index < -0.39 is 0 Å². The van der Waals surface area contributed by atoms with Crippen LogP contribution in [0.25, 0.3) is 0 Å². The van der Waals surface area contributed by atoms with Crippen molar-refractivity contribution in [3.05, 3.63) is 50.6 Å². The molecule has 0 fully saturated rings. The van der Waals surface area contributed by atoms with Crippen LogP contribution in [0.2, 0.25) is 0 Å². The summed E-state index contributed by atoms with van der Waals surface area (Å²) in [4.78, 5) is 0. The summed E-state index contributed by atoms with van der Waals surface area (Å²) in [6.45, 7) is 0.737. The Labute approximate surface area is 107 Å². The molecular weight excluding hydrogens is 284 g/mol. The molecule has 0 bridgehead atoms. The van der Waals surface area contributed by atoms with Crippen LogP contribution in [0, 0.1) is 11.3 Å². The Hall–Kier alpha value is -1.31. The number of rotatable bonds is 3. The summed E-state index contributed by atoms with van der Waals surface area (Å²) in [5.74, 6) is 0. The van der Waals surface area contributed by atoms with Gasteiger partial charge in [0, 0.05) is 6.54 Å². The molecule has 16 heavy (non-hydrogen) atoms. The first-order chi connectivity index (χ1) is 7.79. The number of nitrogens with zero attached hydrogens (tertiary/aromatic N) is 1. The predicted molar refractivity (Wildman–Crippen MR) is 70.5 cm³/mol. The summed E-state index contributed by atoms with van der Waals surface area (Å²) in [5.41, 5.74) is 2.77. The first-order valence-corrected chi connectivity index (χ1v) is 6.43. The van der Waals surface area contributed by atoms with Crippen molar-refractivity contribution in [2.24, 2.45) is 0 Å². The van der Waals surface area contributed by atoms with Crippen molar-refractivity contribution in [3.8, 4) is 6.07 Å². The zero-order valence-corrected chi connectivity index (χ0v) is 10.8. The molecule has 0 unspecified atom stereocenters. The van der Waals surface area contributed by atoms with Crippen molar-refractivity contribution in [1.29, 1.82) is 5.26 Å². The van der Waals surface area contributed by atoms with E-state index >= 15 is 0 Å². The number of nitrogens with one attached hydrogen (secondary N) is 1. The van der Waals surface area contributed by atoms with Crippen LogP contribution in [0.1, 0.15) is 11.1 Å². The molecule has 0 aliphatic rings. The summed E-state index contributed by atoms with van der Waals surface area (Å²) < 4.78 is 1.12. The van der Waals surface area contributed by atoms with E-state index in [0.29, 0.717) is 5.56 Å². The molecule has 2 nitrogen and oxygen atoms in total. The first-order valence-electron chi connectivity index (χ1n) is 4.75. The van der Waals surface area contributed by atoms with E-state index in [0.717, 1.165) is 16.0 Å². The number of nitriles is 1. The summed E-state index contributed by atoms with van der Waals surface area (Å²) in [6.07, 6.45) is 0. The van der Waals surface area contributed by atoms with E-state index in [1.807, 2.05) is 24.3 Å². The van der Waals surface area contributed by atoms with Crippen LogP contribution in [-0.2, 0) is 6.54 Å². The molecule has 1 heterocycles. The summed E-state index contributed by atoms with van der Waals surface area (Å²) in [6, 6.07) is 11.8. The molecular formula is C12H9BrN2S. The standard InChI is InChI=1S/C12H9BrN2S/c13-12-5-9(8-16-12)7-15-11-4-2-1-3-10(11)6-14/h1-5,8,15H,7H2. The molecule has 0 amide bonds. The molecule has 80 valence electrons. The van der Waals surface area contributed by atoms with Gasteiger partial charge in [0.1, 0.15) is 6.07 Å². The summed E-state index contributed by atoms with van der Waals surface area (Å²) >= 11 is 5.09. The van der Waals surface area contributed by atoms with Gasteiger partial charge >= 0.3 is 0 Å². The van der Waals surface area contributed by atoms with Crippen LogP contribution in [0.15, 0.2) is 39.5 Å². The number of halogens is 1. The molecule has 2 aromatic rings. The van der Waals surface area contributed by atoms with E-state index in [4.69, 9.17) is 5.26 Å². The quantitative estimate of drug-likeness (QED) is 0.928. The van der Waals surface area contributed by atoms with E-state index in [9.17, 15) is 0 Å². The first kappa shape index (κ1) is 11.2. The molecule has 1 N–H and O–H groups in total. The number of thiophene rings is 1. The number of anilines is 1. The highest BCUT2D eigenvalue weighted by molar-refractivity contribution is 9.11. The van der Waals surface area contributed by atoms with Crippen molar-refractivity contribution >= 4 is 33.0 Å². The molecule has 0 saturated carbocycles. The van der Waals surface area contributed by atoms with E-state index in [1.165, 1.54) is 5.56 Å². The molecule has 4 heteroatoms. The molecule has 0 radical (unpaired) electrons. The maximum absolute atomic E-state index is 8.92. The van der Waals surface area contributed by atoms with Gasteiger partial charge in [0.05, 0.1) is 15.0 Å². The van der Waals surface area contributed by atoms with E-state index in [1.54, 1.807) is 11.3 Å². The van der Waals surface area contributed by atoms with Crippen molar-refractivity contribution in [2.45, 2.75) is 6.54 Å². The second-order valence-electron chi connectivity index (χ2n) is 3.27. The lowest BCUT2D eigenvalue weighted by Gasteiger charge is -2.06. The van der Waals surface area contributed by atoms with Gasteiger partial charge in [0.25, 0.3) is 0 Å². The molecule has 0 spiro atoms. The Morgan fingerprint density at radius 2 is 2.19 bits per heavy atom. The van der Waals surface area contributed by atoms with E-state index in [2.05, 4.69) is 38.8 Å². The molecule has 0 aliphatic carbocycles. The van der Waals surface area contributed by atoms with Gasteiger partial charge in [-0.05, 0) is 45.1 Å².